The number of carbonyl (C=O) groups is 1. The Bertz CT molecular complexity index is 920. The Morgan fingerprint density at radius 1 is 0.574 bits per heavy atom. The zero-order chi connectivity index (χ0) is 39.9. The van der Waals surface area contributed by atoms with Crippen molar-refractivity contribution in [3.63, 3.8) is 0 Å². The molecule has 0 bridgehead atoms. The van der Waals surface area contributed by atoms with Gasteiger partial charge in [-0.2, -0.15) is 0 Å². The Morgan fingerprint density at radius 3 is 1.56 bits per heavy atom. The van der Waals surface area contributed by atoms with E-state index >= 15 is 0 Å². The highest BCUT2D eigenvalue weighted by atomic mass is 31.2. The fourth-order valence-electron chi connectivity index (χ4n) is 6.21. The molecule has 0 aliphatic heterocycles. The highest BCUT2D eigenvalue weighted by Crippen LogP contribution is 2.38. The maximum Gasteiger partial charge on any atom is 0.306 e. The second-order valence-electron chi connectivity index (χ2n) is 16.4. The summed E-state index contributed by atoms with van der Waals surface area (Å²) in [5, 5.41) is 0. The van der Waals surface area contributed by atoms with Gasteiger partial charge in [0.25, 0.3) is 7.82 Å². The number of likely N-dealkylation sites (N-methyl/N-ethyl adjacent to an activating group) is 1. The van der Waals surface area contributed by atoms with Gasteiger partial charge >= 0.3 is 5.97 Å². The van der Waals surface area contributed by atoms with Crippen LogP contribution in [0.4, 0.5) is 0 Å². The number of esters is 1. The fourth-order valence-corrected chi connectivity index (χ4v) is 6.94. The minimum absolute atomic E-state index is 0.0251. The number of unbranched alkanes of at least 4 members (excludes halogenated alkanes) is 24. The molecule has 54 heavy (non-hydrogen) atoms. The van der Waals surface area contributed by atoms with Crippen LogP contribution >= 0.6 is 7.82 Å². The summed E-state index contributed by atoms with van der Waals surface area (Å²) in [6, 6.07) is 0. The van der Waals surface area contributed by atoms with Crippen molar-refractivity contribution >= 4 is 13.8 Å². The van der Waals surface area contributed by atoms with Gasteiger partial charge in [-0.25, -0.2) is 0 Å². The fraction of sp³-hybridized carbons (Fsp3) is 0.889. The summed E-state index contributed by atoms with van der Waals surface area (Å²) >= 11 is 0. The van der Waals surface area contributed by atoms with E-state index in [0.29, 0.717) is 24.1 Å². The number of nitrogens with zero attached hydrogens (tertiary/aromatic N) is 1. The van der Waals surface area contributed by atoms with Gasteiger partial charge in [0.2, 0.25) is 0 Å². The minimum Gasteiger partial charge on any atom is -0.756 e. The number of hydrogen-bond acceptors (Lipinski definition) is 7. The van der Waals surface area contributed by atoms with Crippen molar-refractivity contribution in [2.24, 2.45) is 0 Å². The number of carbonyl (C=O) groups excluding carboxylic acids is 1. The molecule has 0 aromatic carbocycles. The standard InChI is InChI=1S/C45H88NO7P/c1-6-8-10-12-14-16-18-20-22-23-24-25-27-29-31-33-35-37-40-50-42-44(43-52-54(48,49)51-41-39-46(3,4)5)53-45(47)38-36-34-32-30-28-26-21-19-17-15-13-11-9-7-2/h13,15,19,21,44H,6-12,14,16-18,20,22-43H2,1-5H3/b15-13-,21-19-. The number of quaternary nitrogens is 1. The predicted octanol–water partition coefficient (Wildman–Crippen LogP) is 12.6. The molecule has 2 unspecified atom stereocenters. The Balaban J connectivity index is 4.19. The van der Waals surface area contributed by atoms with Crippen molar-refractivity contribution in [2.75, 3.05) is 54.1 Å². The maximum atomic E-state index is 12.7. The number of rotatable bonds is 42. The van der Waals surface area contributed by atoms with Crippen LogP contribution in [0.1, 0.15) is 200 Å². The molecule has 0 heterocycles. The Kier molecular flexibility index (Phi) is 38.1. The molecule has 0 aliphatic carbocycles. The smallest absolute Gasteiger partial charge is 0.306 e. The van der Waals surface area contributed by atoms with E-state index in [1.165, 1.54) is 122 Å². The maximum absolute atomic E-state index is 12.7. The lowest BCUT2D eigenvalue weighted by molar-refractivity contribution is -0.870. The molecule has 0 saturated carbocycles. The molecule has 0 spiro atoms. The number of hydrogen-bond donors (Lipinski definition) is 0. The van der Waals surface area contributed by atoms with Gasteiger partial charge < -0.3 is 27.9 Å². The predicted molar refractivity (Wildman–Crippen MR) is 227 cm³/mol. The highest BCUT2D eigenvalue weighted by Gasteiger charge is 2.20. The zero-order valence-electron chi connectivity index (χ0n) is 36.2. The van der Waals surface area contributed by atoms with Crippen LogP contribution in [0.5, 0.6) is 0 Å². The van der Waals surface area contributed by atoms with Gasteiger partial charge in [0, 0.05) is 13.0 Å². The third-order valence-electron chi connectivity index (χ3n) is 9.76. The third-order valence-corrected chi connectivity index (χ3v) is 10.7. The van der Waals surface area contributed by atoms with Crippen LogP contribution in [-0.2, 0) is 27.9 Å². The summed E-state index contributed by atoms with van der Waals surface area (Å²) < 4.78 is 34.6. The average molecular weight is 786 g/mol. The van der Waals surface area contributed by atoms with Gasteiger partial charge in [0.05, 0.1) is 34.4 Å². The molecule has 0 radical (unpaired) electrons. The van der Waals surface area contributed by atoms with Crippen LogP contribution in [0.15, 0.2) is 24.3 Å². The molecule has 0 rings (SSSR count). The van der Waals surface area contributed by atoms with Gasteiger partial charge in [0.1, 0.15) is 19.3 Å². The van der Waals surface area contributed by atoms with E-state index < -0.39 is 13.9 Å². The molecule has 9 heteroatoms. The van der Waals surface area contributed by atoms with Crippen molar-refractivity contribution in [1.82, 2.24) is 0 Å². The summed E-state index contributed by atoms with van der Waals surface area (Å²) in [5.41, 5.74) is 0. The van der Waals surface area contributed by atoms with Crippen LogP contribution in [0.2, 0.25) is 0 Å². The summed E-state index contributed by atoms with van der Waals surface area (Å²) in [7, 11) is 1.35. The average Bonchev–Trinajstić information content (AvgIpc) is 3.12. The lowest BCUT2D eigenvalue weighted by atomic mass is 10.0. The summed E-state index contributed by atoms with van der Waals surface area (Å²) in [6.45, 7) is 5.38. The number of allylic oxidation sites excluding steroid dienone is 4. The Hall–Kier alpha value is -1.02. The van der Waals surface area contributed by atoms with E-state index in [-0.39, 0.29) is 25.8 Å². The van der Waals surface area contributed by atoms with Gasteiger partial charge in [-0.05, 0) is 38.5 Å². The van der Waals surface area contributed by atoms with E-state index in [4.69, 9.17) is 18.5 Å². The molecule has 0 fully saturated rings. The monoisotopic (exact) mass is 786 g/mol. The number of ether oxygens (including phenoxy) is 2. The van der Waals surface area contributed by atoms with Gasteiger partial charge in [0.15, 0.2) is 0 Å². The molecular formula is C45H88NO7P. The molecule has 8 nitrogen and oxygen atoms in total. The lowest BCUT2D eigenvalue weighted by Crippen LogP contribution is -2.37. The summed E-state index contributed by atoms with van der Waals surface area (Å²) in [6.07, 6.45) is 43.3. The zero-order valence-corrected chi connectivity index (χ0v) is 37.1. The van der Waals surface area contributed by atoms with E-state index in [0.717, 1.165) is 57.8 Å². The largest absolute Gasteiger partial charge is 0.756 e. The van der Waals surface area contributed by atoms with Gasteiger partial charge in [-0.1, -0.05) is 179 Å². The van der Waals surface area contributed by atoms with Gasteiger partial charge in [-0.3, -0.25) is 9.36 Å². The van der Waals surface area contributed by atoms with Crippen molar-refractivity contribution in [1.29, 1.82) is 0 Å². The molecule has 0 amide bonds. The van der Waals surface area contributed by atoms with E-state index in [9.17, 15) is 14.3 Å². The Morgan fingerprint density at radius 2 is 1.04 bits per heavy atom. The van der Waals surface area contributed by atoms with Crippen molar-refractivity contribution in [2.45, 2.75) is 206 Å². The quantitative estimate of drug-likeness (QED) is 0.0200. The second-order valence-corrected chi connectivity index (χ2v) is 17.8. The lowest BCUT2D eigenvalue weighted by Gasteiger charge is -2.28. The van der Waals surface area contributed by atoms with E-state index in [1.807, 2.05) is 21.1 Å². The first-order chi connectivity index (χ1) is 26.1. The summed E-state index contributed by atoms with van der Waals surface area (Å²) in [4.78, 5) is 25.0. The number of phosphoric ester groups is 1. The van der Waals surface area contributed by atoms with E-state index in [1.54, 1.807) is 0 Å². The minimum atomic E-state index is -4.52. The summed E-state index contributed by atoms with van der Waals surface area (Å²) in [5.74, 6) is -0.345. The molecule has 0 saturated heterocycles. The second kappa shape index (κ2) is 38.8. The van der Waals surface area contributed by atoms with E-state index in [2.05, 4.69) is 38.2 Å². The normalized spacial score (nSPS) is 14.0. The molecule has 0 aromatic rings. The van der Waals surface area contributed by atoms with Gasteiger partial charge in [-0.15, -0.1) is 0 Å². The molecule has 2 atom stereocenters. The topological polar surface area (TPSA) is 94.1 Å². The molecule has 0 aliphatic rings. The van der Waals surface area contributed by atoms with Crippen molar-refractivity contribution in [3.8, 4) is 0 Å². The first-order valence-electron chi connectivity index (χ1n) is 22.6. The first kappa shape index (κ1) is 53.0. The highest BCUT2D eigenvalue weighted by molar-refractivity contribution is 7.45. The van der Waals surface area contributed by atoms with Crippen LogP contribution in [0.3, 0.4) is 0 Å². The van der Waals surface area contributed by atoms with Crippen LogP contribution in [0.25, 0.3) is 0 Å². The number of phosphoric acid groups is 1. The first-order valence-corrected chi connectivity index (χ1v) is 24.0. The molecule has 0 aromatic heterocycles. The Labute approximate surface area is 334 Å². The SMILES string of the molecule is CCCC/C=C\C/C=C\CCCCCCCC(=O)OC(COCCCCCCCCCCCCCCCCCCCC)COP(=O)([O-])OCC[N+](C)(C)C. The van der Waals surface area contributed by atoms with Crippen molar-refractivity contribution < 1.29 is 37.3 Å². The van der Waals surface area contributed by atoms with Crippen molar-refractivity contribution in [3.05, 3.63) is 24.3 Å². The third kappa shape index (κ3) is 42.1. The molecule has 0 N–H and O–H groups in total. The van der Waals surface area contributed by atoms with Crippen LogP contribution < -0.4 is 4.89 Å². The molecular weight excluding hydrogens is 697 g/mol. The van der Waals surface area contributed by atoms with Crippen LogP contribution in [-0.4, -0.2) is 70.7 Å². The van der Waals surface area contributed by atoms with Crippen LogP contribution in [0, 0.1) is 0 Å². The molecule has 320 valence electrons.